The molecule has 1 amide bonds. The molecule has 0 saturated carbocycles. The number of likely N-dealkylation sites (tertiary alicyclic amines) is 1. The Kier molecular flexibility index (Phi) is 4.00. The van der Waals surface area contributed by atoms with Crippen molar-refractivity contribution in [3.05, 3.63) is 29.6 Å². The first kappa shape index (κ1) is 12.4. The molecule has 1 aliphatic rings. The number of carbonyl (C=O) groups is 1. The molecule has 0 radical (unpaired) electrons. The summed E-state index contributed by atoms with van der Waals surface area (Å²) in [6, 6.07) is 2.06. The number of aryl methyl sites for hydroxylation is 1. The minimum Gasteiger partial charge on any atom is -0.334 e. The van der Waals surface area contributed by atoms with E-state index < -0.39 is 0 Å². The van der Waals surface area contributed by atoms with Gasteiger partial charge in [0.25, 0.3) is 5.91 Å². The Morgan fingerprint density at radius 3 is 3.06 bits per heavy atom. The first-order chi connectivity index (χ1) is 8.22. The molecule has 2 rings (SSSR count). The molecule has 0 aromatic carbocycles. The second-order valence-electron chi connectivity index (χ2n) is 4.55. The van der Waals surface area contributed by atoms with Gasteiger partial charge in [-0.15, -0.1) is 11.6 Å². The summed E-state index contributed by atoms with van der Waals surface area (Å²) >= 11 is 5.93. The molecule has 3 nitrogen and oxygen atoms in total. The molecule has 1 aliphatic heterocycles. The van der Waals surface area contributed by atoms with E-state index in [4.69, 9.17) is 11.6 Å². The number of halogens is 1. The van der Waals surface area contributed by atoms with E-state index in [0.29, 0.717) is 11.4 Å². The molecular formula is C13H17ClN2O. The Morgan fingerprint density at radius 2 is 2.35 bits per heavy atom. The summed E-state index contributed by atoms with van der Waals surface area (Å²) in [4.78, 5) is 18.3. The van der Waals surface area contributed by atoms with Crippen LogP contribution in [0.1, 0.15) is 35.2 Å². The summed E-state index contributed by atoms with van der Waals surface area (Å²) < 4.78 is 0. The number of alkyl halides is 1. The van der Waals surface area contributed by atoms with Crippen molar-refractivity contribution in [3.63, 3.8) is 0 Å². The third-order valence-electron chi connectivity index (χ3n) is 3.19. The van der Waals surface area contributed by atoms with Gasteiger partial charge in [0.2, 0.25) is 0 Å². The minimum atomic E-state index is 0.0616. The van der Waals surface area contributed by atoms with Gasteiger partial charge in [0.15, 0.2) is 0 Å². The van der Waals surface area contributed by atoms with E-state index in [1.807, 2.05) is 17.9 Å². The molecule has 0 aliphatic carbocycles. The lowest BCUT2D eigenvalue weighted by molar-refractivity contribution is 0.0638. The third kappa shape index (κ3) is 2.78. The number of amides is 1. The zero-order chi connectivity index (χ0) is 12.3. The van der Waals surface area contributed by atoms with Gasteiger partial charge in [-0.05, 0) is 37.8 Å². The van der Waals surface area contributed by atoms with Crippen molar-refractivity contribution in [3.8, 4) is 0 Å². The highest BCUT2D eigenvalue weighted by molar-refractivity contribution is 6.18. The fourth-order valence-electron chi connectivity index (χ4n) is 2.27. The number of hydrogen-bond acceptors (Lipinski definition) is 2. The quantitative estimate of drug-likeness (QED) is 0.758. The van der Waals surface area contributed by atoms with Crippen molar-refractivity contribution < 1.29 is 4.79 Å². The van der Waals surface area contributed by atoms with Crippen LogP contribution in [0.25, 0.3) is 0 Å². The van der Waals surface area contributed by atoms with Gasteiger partial charge < -0.3 is 4.90 Å². The minimum absolute atomic E-state index is 0.0616. The largest absolute Gasteiger partial charge is 0.334 e. The maximum atomic E-state index is 12.3. The SMILES string of the molecule is Cc1cncc(C(=O)N2CCCCC2CCl)c1. The van der Waals surface area contributed by atoms with E-state index in [1.54, 1.807) is 12.4 Å². The van der Waals surface area contributed by atoms with Crippen molar-refractivity contribution >= 4 is 17.5 Å². The lowest BCUT2D eigenvalue weighted by atomic mass is 10.0. The van der Waals surface area contributed by atoms with Gasteiger partial charge in [-0.2, -0.15) is 0 Å². The molecule has 0 N–H and O–H groups in total. The van der Waals surface area contributed by atoms with Crippen LogP contribution in [0.2, 0.25) is 0 Å². The van der Waals surface area contributed by atoms with Crippen molar-refractivity contribution in [2.75, 3.05) is 12.4 Å². The number of carbonyl (C=O) groups excluding carboxylic acids is 1. The summed E-state index contributed by atoms with van der Waals surface area (Å²) in [6.07, 6.45) is 6.63. The van der Waals surface area contributed by atoms with Crippen LogP contribution < -0.4 is 0 Å². The molecule has 1 atom stereocenters. The average Bonchev–Trinajstić information content (AvgIpc) is 2.38. The Balaban J connectivity index is 2.18. The fourth-order valence-corrected chi connectivity index (χ4v) is 2.59. The van der Waals surface area contributed by atoms with E-state index in [0.717, 1.165) is 31.4 Å². The van der Waals surface area contributed by atoms with Crippen LogP contribution in [0.15, 0.2) is 18.5 Å². The summed E-state index contributed by atoms with van der Waals surface area (Å²) in [6.45, 7) is 2.75. The normalized spacial score (nSPS) is 20.4. The number of pyridine rings is 1. The predicted molar refractivity (Wildman–Crippen MR) is 68.4 cm³/mol. The standard InChI is InChI=1S/C13H17ClN2O/c1-10-6-11(9-15-8-10)13(17)16-5-3-2-4-12(16)7-14/h6,8-9,12H,2-5,7H2,1H3. The van der Waals surface area contributed by atoms with Gasteiger partial charge in [-0.3, -0.25) is 9.78 Å². The summed E-state index contributed by atoms with van der Waals surface area (Å²) in [7, 11) is 0. The molecule has 4 heteroatoms. The second kappa shape index (κ2) is 5.50. The number of hydrogen-bond donors (Lipinski definition) is 0. The average molecular weight is 253 g/mol. The van der Waals surface area contributed by atoms with E-state index >= 15 is 0 Å². The monoisotopic (exact) mass is 252 g/mol. The zero-order valence-corrected chi connectivity index (χ0v) is 10.8. The molecule has 2 heterocycles. The molecule has 0 bridgehead atoms. The summed E-state index contributed by atoms with van der Waals surface area (Å²) in [5.41, 5.74) is 1.68. The molecular weight excluding hydrogens is 236 g/mol. The first-order valence-corrected chi connectivity index (χ1v) is 6.54. The molecule has 1 saturated heterocycles. The fraction of sp³-hybridized carbons (Fsp3) is 0.538. The highest BCUT2D eigenvalue weighted by Crippen LogP contribution is 2.20. The molecule has 1 aromatic rings. The Hall–Kier alpha value is -1.09. The number of aromatic nitrogens is 1. The molecule has 0 spiro atoms. The van der Waals surface area contributed by atoms with E-state index in [2.05, 4.69) is 4.98 Å². The molecule has 92 valence electrons. The highest BCUT2D eigenvalue weighted by Gasteiger charge is 2.26. The third-order valence-corrected chi connectivity index (χ3v) is 3.54. The zero-order valence-electron chi connectivity index (χ0n) is 10.0. The Labute approximate surface area is 107 Å². The van der Waals surface area contributed by atoms with Crippen molar-refractivity contribution in [1.82, 2.24) is 9.88 Å². The molecule has 1 aromatic heterocycles. The van der Waals surface area contributed by atoms with Crippen LogP contribution in [0.3, 0.4) is 0 Å². The van der Waals surface area contributed by atoms with E-state index in [9.17, 15) is 4.79 Å². The first-order valence-electron chi connectivity index (χ1n) is 6.01. The van der Waals surface area contributed by atoms with Crippen LogP contribution in [-0.4, -0.2) is 34.3 Å². The van der Waals surface area contributed by atoms with Crippen LogP contribution in [-0.2, 0) is 0 Å². The van der Waals surface area contributed by atoms with Crippen LogP contribution in [0.4, 0.5) is 0 Å². The Bertz CT molecular complexity index is 408. The smallest absolute Gasteiger partial charge is 0.255 e. The van der Waals surface area contributed by atoms with Crippen molar-refractivity contribution in [1.29, 1.82) is 0 Å². The lowest BCUT2D eigenvalue weighted by Gasteiger charge is -2.34. The van der Waals surface area contributed by atoms with Crippen LogP contribution in [0, 0.1) is 6.92 Å². The Morgan fingerprint density at radius 1 is 1.53 bits per heavy atom. The molecule has 1 unspecified atom stereocenters. The lowest BCUT2D eigenvalue weighted by Crippen LogP contribution is -2.44. The van der Waals surface area contributed by atoms with E-state index in [-0.39, 0.29) is 11.9 Å². The summed E-state index contributed by atoms with van der Waals surface area (Å²) in [5.74, 6) is 0.580. The second-order valence-corrected chi connectivity index (χ2v) is 4.86. The van der Waals surface area contributed by atoms with Gasteiger partial charge in [0.1, 0.15) is 0 Å². The van der Waals surface area contributed by atoms with Gasteiger partial charge in [-0.1, -0.05) is 0 Å². The van der Waals surface area contributed by atoms with Gasteiger partial charge in [-0.25, -0.2) is 0 Å². The van der Waals surface area contributed by atoms with Gasteiger partial charge in [0.05, 0.1) is 5.56 Å². The maximum Gasteiger partial charge on any atom is 0.255 e. The van der Waals surface area contributed by atoms with E-state index in [1.165, 1.54) is 0 Å². The number of piperidine rings is 1. The topological polar surface area (TPSA) is 33.2 Å². The molecule has 17 heavy (non-hydrogen) atoms. The molecule has 1 fully saturated rings. The van der Waals surface area contributed by atoms with Crippen LogP contribution >= 0.6 is 11.6 Å². The summed E-state index contributed by atoms with van der Waals surface area (Å²) in [5, 5.41) is 0. The number of nitrogens with zero attached hydrogens (tertiary/aromatic N) is 2. The number of rotatable bonds is 2. The van der Waals surface area contributed by atoms with Crippen molar-refractivity contribution in [2.24, 2.45) is 0 Å². The maximum absolute atomic E-state index is 12.3. The van der Waals surface area contributed by atoms with Crippen molar-refractivity contribution in [2.45, 2.75) is 32.2 Å². The highest BCUT2D eigenvalue weighted by atomic mass is 35.5. The van der Waals surface area contributed by atoms with Crippen LogP contribution in [0.5, 0.6) is 0 Å². The predicted octanol–water partition coefficient (Wildman–Crippen LogP) is 2.62. The van der Waals surface area contributed by atoms with Gasteiger partial charge >= 0.3 is 0 Å². The van der Waals surface area contributed by atoms with Gasteiger partial charge in [0, 0.05) is 30.9 Å².